The maximum atomic E-state index is 12.6. The van der Waals surface area contributed by atoms with Crippen molar-refractivity contribution in [3.63, 3.8) is 0 Å². The molecule has 1 aliphatic carbocycles. The molecule has 4 heteroatoms. The van der Waals surface area contributed by atoms with Crippen LogP contribution in [0.5, 0.6) is 0 Å². The third-order valence-corrected chi connectivity index (χ3v) is 2.70. The zero-order valence-corrected chi connectivity index (χ0v) is 6.83. The van der Waals surface area contributed by atoms with Crippen LogP contribution >= 0.6 is 0 Å². The summed E-state index contributed by atoms with van der Waals surface area (Å²) in [5.74, 6) is -0.283. The summed E-state index contributed by atoms with van der Waals surface area (Å²) < 4.78 is 14.3. The van der Waals surface area contributed by atoms with E-state index in [9.17, 15) is 4.39 Å². The van der Waals surface area contributed by atoms with Crippen LogP contribution in [0.25, 0.3) is 0 Å². The van der Waals surface area contributed by atoms with Crippen molar-refractivity contribution in [3.05, 3.63) is 18.2 Å². The summed E-state index contributed by atoms with van der Waals surface area (Å²) in [4.78, 5) is 0. The summed E-state index contributed by atoms with van der Waals surface area (Å²) in [6.45, 7) is 0.550. The van der Waals surface area contributed by atoms with Crippen molar-refractivity contribution in [3.8, 4) is 0 Å². The smallest absolute Gasteiger partial charge is 0.161 e. The Morgan fingerprint density at radius 3 is 2.75 bits per heavy atom. The number of aromatic nitrogens is 2. The Labute approximate surface area is 70.4 Å². The van der Waals surface area contributed by atoms with Gasteiger partial charge >= 0.3 is 0 Å². The molecule has 0 bridgehead atoms. The summed E-state index contributed by atoms with van der Waals surface area (Å²) in [5, 5.41) is 3.94. The SMILES string of the molecule is NCC1(n2cc(F)cn2)CCC1. The molecule has 0 saturated heterocycles. The Bertz CT molecular complexity index is 272. The molecule has 1 aromatic rings. The Morgan fingerprint density at radius 2 is 2.42 bits per heavy atom. The summed E-state index contributed by atoms with van der Waals surface area (Å²) in [6, 6.07) is 0. The van der Waals surface area contributed by atoms with Gasteiger partial charge in [0.05, 0.1) is 17.9 Å². The third-order valence-electron chi connectivity index (χ3n) is 2.70. The molecule has 1 fully saturated rings. The van der Waals surface area contributed by atoms with Crippen LogP contribution in [0.1, 0.15) is 19.3 Å². The lowest BCUT2D eigenvalue weighted by Crippen LogP contribution is -2.47. The number of nitrogens with two attached hydrogens (primary N) is 1. The van der Waals surface area contributed by atoms with Crippen molar-refractivity contribution in [2.45, 2.75) is 24.8 Å². The summed E-state index contributed by atoms with van der Waals surface area (Å²) in [6.07, 6.45) is 5.86. The normalized spacial score (nSPS) is 20.5. The first kappa shape index (κ1) is 7.73. The third kappa shape index (κ3) is 0.948. The van der Waals surface area contributed by atoms with E-state index in [0.29, 0.717) is 6.54 Å². The quantitative estimate of drug-likeness (QED) is 0.713. The Hall–Kier alpha value is -0.900. The molecule has 0 spiro atoms. The molecule has 1 saturated carbocycles. The second-order valence-electron chi connectivity index (χ2n) is 3.39. The molecule has 3 nitrogen and oxygen atoms in total. The van der Waals surface area contributed by atoms with Gasteiger partial charge in [-0.1, -0.05) is 0 Å². The fourth-order valence-corrected chi connectivity index (χ4v) is 1.67. The first-order chi connectivity index (χ1) is 5.77. The van der Waals surface area contributed by atoms with Crippen molar-refractivity contribution in [1.82, 2.24) is 9.78 Å². The van der Waals surface area contributed by atoms with Gasteiger partial charge in [0.2, 0.25) is 0 Å². The molecule has 2 N–H and O–H groups in total. The van der Waals surface area contributed by atoms with Crippen LogP contribution in [0.3, 0.4) is 0 Å². The average Bonchev–Trinajstić information content (AvgIpc) is 2.35. The summed E-state index contributed by atoms with van der Waals surface area (Å²) >= 11 is 0. The lowest BCUT2D eigenvalue weighted by atomic mass is 9.77. The van der Waals surface area contributed by atoms with Gasteiger partial charge in [0.1, 0.15) is 0 Å². The largest absolute Gasteiger partial charge is 0.328 e. The number of nitrogens with zero attached hydrogens (tertiary/aromatic N) is 2. The number of hydrogen-bond donors (Lipinski definition) is 1. The van der Waals surface area contributed by atoms with Gasteiger partial charge in [-0.2, -0.15) is 5.10 Å². The Balaban J connectivity index is 2.27. The number of halogens is 1. The maximum absolute atomic E-state index is 12.6. The van der Waals surface area contributed by atoms with Crippen LogP contribution in [0.4, 0.5) is 4.39 Å². The topological polar surface area (TPSA) is 43.8 Å². The highest BCUT2D eigenvalue weighted by molar-refractivity contribution is 4.98. The van der Waals surface area contributed by atoms with Gasteiger partial charge in [-0.25, -0.2) is 4.39 Å². The van der Waals surface area contributed by atoms with Gasteiger partial charge in [0, 0.05) is 6.54 Å². The molecular weight excluding hydrogens is 157 g/mol. The molecule has 1 aliphatic rings. The maximum Gasteiger partial charge on any atom is 0.161 e. The van der Waals surface area contributed by atoms with Crippen molar-refractivity contribution in [1.29, 1.82) is 0 Å². The van der Waals surface area contributed by atoms with E-state index in [1.807, 2.05) is 0 Å². The minimum Gasteiger partial charge on any atom is -0.328 e. The van der Waals surface area contributed by atoms with E-state index in [0.717, 1.165) is 12.8 Å². The van der Waals surface area contributed by atoms with Crippen LogP contribution in [0.15, 0.2) is 12.4 Å². The van der Waals surface area contributed by atoms with Gasteiger partial charge < -0.3 is 5.73 Å². The monoisotopic (exact) mass is 169 g/mol. The van der Waals surface area contributed by atoms with E-state index < -0.39 is 0 Å². The molecule has 0 unspecified atom stereocenters. The van der Waals surface area contributed by atoms with Gasteiger partial charge in [0.25, 0.3) is 0 Å². The predicted molar refractivity (Wildman–Crippen MR) is 43.1 cm³/mol. The van der Waals surface area contributed by atoms with Crippen LogP contribution in [-0.4, -0.2) is 16.3 Å². The first-order valence-corrected chi connectivity index (χ1v) is 4.18. The minimum atomic E-state index is -0.283. The van der Waals surface area contributed by atoms with Crippen molar-refractivity contribution < 1.29 is 4.39 Å². The molecule has 0 radical (unpaired) electrons. The van der Waals surface area contributed by atoms with E-state index in [2.05, 4.69) is 5.10 Å². The zero-order chi connectivity index (χ0) is 8.60. The fourth-order valence-electron chi connectivity index (χ4n) is 1.67. The van der Waals surface area contributed by atoms with E-state index in [4.69, 9.17) is 5.73 Å². The number of hydrogen-bond acceptors (Lipinski definition) is 2. The Kier molecular flexibility index (Phi) is 1.65. The second-order valence-corrected chi connectivity index (χ2v) is 3.39. The van der Waals surface area contributed by atoms with Crippen molar-refractivity contribution in [2.75, 3.05) is 6.54 Å². The molecule has 0 amide bonds. The molecule has 0 aromatic carbocycles. The van der Waals surface area contributed by atoms with Crippen LogP contribution in [0.2, 0.25) is 0 Å². The summed E-state index contributed by atoms with van der Waals surface area (Å²) in [5.41, 5.74) is 5.55. The van der Waals surface area contributed by atoms with Crippen molar-refractivity contribution in [2.24, 2.45) is 5.73 Å². The molecule has 12 heavy (non-hydrogen) atoms. The standard InChI is InChI=1S/C8H12FN3/c9-7-4-11-12(5-7)8(6-10)2-1-3-8/h4-5H,1-3,6,10H2. The fraction of sp³-hybridized carbons (Fsp3) is 0.625. The van der Waals surface area contributed by atoms with Crippen molar-refractivity contribution >= 4 is 0 Å². The van der Waals surface area contributed by atoms with Crippen LogP contribution < -0.4 is 5.73 Å². The van der Waals surface area contributed by atoms with Gasteiger partial charge in [-0.05, 0) is 19.3 Å². The molecule has 0 aliphatic heterocycles. The number of rotatable bonds is 2. The second kappa shape index (κ2) is 2.55. The molecule has 0 atom stereocenters. The van der Waals surface area contributed by atoms with E-state index in [1.165, 1.54) is 18.8 Å². The lowest BCUT2D eigenvalue weighted by Gasteiger charge is -2.40. The highest BCUT2D eigenvalue weighted by atomic mass is 19.1. The lowest BCUT2D eigenvalue weighted by molar-refractivity contribution is 0.134. The first-order valence-electron chi connectivity index (χ1n) is 4.18. The van der Waals surface area contributed by atoms with E-state index in [-0.39, 0.29) is 11.4 Å². The van der Waals surface area contributed by atoms with Crippen LogP contribution in [-0.2, 0) is 5.54 Å². The molecule has 1 heterocycles. The molecule has 66 valence electrons. The van der Waals surface area contributed by atoms with E-state index in [1.54, 1.807) is 4.68 Å². The Morgan fingerprint density at radius 1 is 1.67 bits per heavy atom. The minimum absolute atomic E-state index is 0.0790. The van der Waals surface area contributed by atoms with Gasteiger partial charge in [0.15, 0.2) is 5.82 Å². The molecule has 1 aromatic heterocycles. The van der Waals surface area contributed by atoms with Crippen LogP contribution in [0, 0.1) is 5.82 Å². The average molecular weight is 169 g/mol. The highest BCUT2D eigenvalue weighted by Crippen LogP contribution is 2.37. The van der Waals surface area contributed by atoms with E-state index >= 15 is 0 Å². The molecule has 2 rings (SSSR count). The predicted octanol–water partition coefficient (Wildman–Crippen LogP) is 0.860. The van der Waals surface area contributed by atoms with Gasteiger partial charge in [-0.15, -0.1) is 0 Å². The summed E-state index contributed by atoms with van der Waals surface area (Å²) in [7, 11) is 0. The van der Waals surface area contributed by atoms with Gasteiger partial charge in [-0.3, -0.25) is 4.68 Å². The zero-order valence-electron chi connectivity index (χ0n) is 6.83. The highest BCUT2D eigenvalue weighted by Gasteiger charge is 2.38. The molecular formula is C8H12FN3.